The summed E-state index contributed by atoms with van der Waals surface area (Å²) < 4.78 is 11.5. The number of ether oxygens (including phenoxy) is 2. The molecule has 5 fully saturated rings. The monoisotopic (exact) mass is 666 g/mol. The molecule has 0 amide bonds. The van der Waals surface area contributed by atoms with E-state index in [9.17, 15) is 45.6 Å². The number of allylic oxidation sites excluding steroid dienone is 2. The summed E-state index contributed by atoms with van der Waals surface area (Å²) in [6.45, 7) is 11.8. The Bertz CT molecular complexity index is 1270. The average molecular weight is 667 g/mol. The molecule has 0 aromatic heterocycles. The van der Waals surface area contributed by atoms with Crippen molar-refractivity contribution in [3.8, 4) is 0 Å². The van der Waals surface area contributed by atoms with E-state index in [-0.39, 0.29) is 23.9 Å². The molecule has 0 unspecified atom stereocenters. The molecule has 11 heteroatoms. The van der Waals surface area contributed by atoms with Crippen molar-refractivity contribution in [2.45, 2.75) is 142 Å². The van der Waals surface area contributed by atoms with Crippen LogP contribution in [-0.4, -0.2) is 109 Å². The topological polar surface area (TPSA) is 197 Å². The first-order valence-electron chi connectivity index (χ1n) is 17.6. The molecule has 4 saturated carbocycles. The van der Waals surface area contributed by atoms with Gasteiger partial charge in [-0.15, -0.1) is 0 Å². The Hall–Kier alpha value is -1.15. The van der Waals surface area contributed by atoms with Gasteiger partial charge in [0.1, 0.15) is 24.4 Å². The maximum absolute atomic E-state index is 14.4. The van der Waals surface area contributed by atoms with Crippen LogP contribution >= 0.6 is 0 Å². The summed E-state index contributed by atoms with van der Waals surface area (Å²) >= 11 is 0. The molecular formula is C36H58O11. The number of esters is 1. The predicted molar refractivity (Wildman–Crippen MR) is 169 cm³/mol. The van der Waals surface area contributed by atoms with Gasteiger partial charge in [0.2, 0.25) is 6.29 Å². The molecule has 47 heavy (non-hydrogen) atoms. The lowest BCUT2D eigenvalue weighted by atomic mass is 9.33. The van der Waals surface area contributed by atoms with E-state index in [1.807, 2.05) is 0 Å². The van der Waals surface area contributed by atoms with E-state index in [0.29, 0.717) is 38.5 Å². The van der Waals surface area contributed by atoms with Crippen molar-refractivity contribution in [3.63, 3.8) is 0 Å². The summed E-state index contributed by atoms with van der Waals surface area (Å²) in [4.78, 5) is 14.4. The smallest absolute Gasteiger partial charge is 0.315 e. The van der Waals surface area contributed by atoms with Crippen LogP contribution in [0.25, 0.3) is 0 Å². The van der Waals surface area contributed by atoms with E-state index in [1.165, 1.54) is 5.57 Å². The summed E-state index contributed by atoms with van der Waals surface area (Å²) in [6.07, 6.45) is -3.65. The van der Waals surface area contributed by atoms with Gasteiger partial charge >= 0.3 is 5.97 Å². The number of carbonyl (C=O) groups is 1. The van der Waals surface area contributed by atoms with E-state index < -0.39 is 94.6 Å². The minimum absolute atomic E-state index is 0.0374. The second kappa shape index (κ2) is 11.4. The van der Waals surface area contributed by atoms with Gasteiger partial charge in [0.15, 0.2) is 0 Å². The van der Waals surface area contributed by atoms with Gasteiger partial charge in [0, 0.05) is 11.3 Å². The largest absolute Gasteiger partial charge is 0.432 e. The highest BCUT2D eigenvalue weighted by molar-refractivity contribution is 5.79. The molecule has 5 aliphatic carbocycles. The van der Waals surface area contributed by atoms with E-state index in [4.69, 9.17) is 9.47 Å². The van der Waals surface area contributed by atoms with Gasteiger partial charge in [-0.2, -0.15) is 0 Å². The van der Waals surface area contributed by atoms with Crippen molar-refractivity contribution in [1.82, 2.24) is 0 Å². The molecule has 6 aliphatic rings. The van der Waals surface area contributed by atoms with Crippen LogP contribution in [0.5, 0.6) is 0 Å². The highest BCUT2D eigenvalue weighted by atomic mass is 16.7. The zero-order valence-corrected chi connectivity index (χ0v) is 28.8. The van der Waals surface area contributed by atoms with Gasteiger partial charge in [-0.1, -0.05) is 53.2 Å². The fourth-order valence-electron chi connectivity index (χ4n) is 12.3. The minimum atomic E-state index is -1.68. The summed E-state index contributed by atoms with van der Waals surface area (Å²) in [6, 6.07) is 0. The Morgan fingerprint density at radius 2 is 1.51 bits per heavy atom. The molecule has 1 heterocycles. The fourth-order valence-corrected chi connectivity index (χ4v) is 12.3. The summed E-state index contributed by atoms with van der Waals surface area (Å²) in [5.74, 6) is -1.09. The first-order chi connectivity index (χ1) is 21.8. The Balaban J connectivity index is 1.38. The molecular weight excluding hydrogens is 608 g/mol. The summed E-state index contributed by atoms with van der Waals surface area (Å²) in [7, 11) is 0. The second-order valence-corrected chi connectivity index (χ2v) is 18.0. The third-order valence-corrected chi connectivity index (χ3v) is 15.1. The van der Waals surface area contributed by atoms with E-state index in [2.05, 4.69) is 40.7 Å². The highest BCUT2D eigenvalue weighted by Crippen LogP contribution is 2.75. The van der Waals surface area contributed by atoms with Gasteiger partial charge in [0.25, 0.3) is 0 Å². The van der Waals surface area contributed by atoms with E-state index in [0.717, 1.165) is 12.8 Å². The Morgan fingerprint density at radius 3 is 2.15 bits per heavy atom. The molecule has 1 aliphatic heterocycles. The predicted octanol–water partition coefficient (Wildman–Crippen LogP) is 1.41. The SMILES string of the molecule is CC1(C)CC[C@]2(C(=O)O[C@@H]3O[C@H](CO)[C@@H](O)[C@H](O)[C@H]3O)CC[C@]3(C)C(=CC[C@@H]4[C@@]5(C)C[C@H](O)[C@H](O)[C@](C)(CO)[C@@H]5[C@H](O)C[C@]43C)[C@@H]2C1. The van der Waals surface area contributed by atoms with Crippen molar-refractivity contribution in [2.75, 3.05) is 13.2 Å². The fraction of sp³-hybridized carbons (Fsp3) is 0.917. The molecule has 16 atom stereocenters. The number of rotatable bonds is 4. The third kappa shape index (κ3) is 4.81. The minimum Gasteiger partial charge on any atom is -0.432 e. The lowest BCUT2D eigenvalue weighted by Crippen LogP contribution is -2.71. The quantitative estimate of drug-likeness (QED) is 0.160. The first-order valence-corrected chi connectivity index (χ1v) is 17.6. The van der Waals surface area contributed by atoms with Crippen LogP contribution in [0.4, 0.5) is 0 Å². The molecule has 0 bridgehead atoms. The number of fused-ring (bicyclic) bond motifs is 7. The van der Waals surface area contributed by atoms with Crippen LogP contribution in [0.3, 0.4) is 0 Å². The highest BCUT2D eigenvalue weighted by Gasteiger charge is 2.72. The van der Waals surface area contributed by atoms with Crippen LogP contribution in [0, 0.1) is 50.2 Å². The van der Waals surface area contributed by atoms with Gasteiger partial charge in [-0.05, 0) is 84.9 Å². The lowest BCUT2D eigenvalue weighted by Gasteiger charge is -2.72. The maximum atomic E-state index is 14.4. The molecule has 0 spiro atoms. The summed E-state index contributed by atoms with van der Waals surface area (Å²) in [5.41, 5.74) is -2.27. The molecule has 8 N–H and O–H groups in total. The second-order valence-electron chi connectivity index (χ2n) is 18.0. The molecule has 6 rings (SSSR count). The van der Waals surface area contributed by atoms with Crippen molar-refractivity contribution in [2.24, 2.45) is 50.2 Å². The number of hydrogen-bond acceptors (Lipinski definition) is 11. The van der Waals surface area contributed by atoms with Gasteiger partial charge in [-0.25, -0.2) is 0 Å². The van der Waals surface area contributed by atoms with Crippen LogP contribution in [0.1, 0.15) is 92.9 Å². The van der Waals surface area contributed by atoms with Crippen molar-refractivity contribution >= 4 is 5.97 Å². The maximum Gasteiger partial charge on any atom is 0.315 e. The zero-order valence-electron chi connectivity index (χ0n) is 28.8. The normalized spacial score (nSPS) is 55.4. The summed E-state index contributed by atoms with van der Waals surface area (Å²) in [5, 5.41) is 85.8. The van der Waals surface area contributed by atoms with Crippen molar-refractivity contribution < 1.29 is 55.1 Å². The van der Waals surface area contributed by atoms with Gasteiger partial charge < -0.3 is 50.3 Å². The van der Waals surface area contributed by atoms with Crippen LogP contribution < -0.4 is 0 Å². The van der Waals surface area contributed by atoms with Gasteiger partial charge in [0.05, 0.1) is 36.9 Å². The van der Waals surface area contributed by atoms with Crippen LogP contribution in [0.2, 0.25) is 0 Å². The number of aliphatic hydroxyl groups is 8. The Labute approximate surface area is 278 Å². The van der Waals surface area contributed by atoms with E-state index >= 15 is 0 Å². The number of carbonyl (C=O) groups excluding carboxylic acids is 1. The molecule has 0 aromatic carbocycles. The number of hydrogen-bond donors (Lipinski definition) is 8. The average Bonchev–Trinajstić information content (AvgIpc) is 3.00. The molecule has 0 aromatic rings. The van der Waals surface area contributed by atoms with Crippen molar-refractivity contribution in [3.05, 3.63) is 11.6 Å². The number of aliphatic hydroxyl groups excluding tert-OH is 8. The lowest BCUT2D eigenvalue weighted by molar-refractivity contribution is -0.298. The third-order valence-electron chi connectivity index (χ3n) is 15.1. The zero-order chi connectivity index (χ0) is 34.7. The molecule has 11 nitrogen and oxygen atoms in total. The first kappa shape index (κ1) is 35.7. The van der Waals surface area contributed by atoms with Crippen molar-refractivity contribution in [1.29, 1.82) is 0 Å². The molecule has 268 valence electrons. The van der Waals surface area contributed by atoms with E-state index in [1.54, 1.807) is 6.92 Å². The Kier molecular flexibility index (Phi) is 8.68. The standard InChI is InChI=1S/C36H58O11/c1-31(2)9-11-36(30(45)47-29-26(43)25(42)24(41)22(16-37)46-29)12-10-34(5)18(19(36)13-31)7-8-23-32(3)14-21(40)28(44)33(4,17-38)27(32)20(39)15-35(23,34)6/h7,19-29,37-44H,8-17H2,1-6H3/t19-,20+,21-,22+,23+,24+,25-,26+,27+,28-,29-,32+,33+,34+,35+,36-/m0/s1. The molecule has 0 radical (unpaired) electrons. The Morgan fingerprint density at radius 1 is 0.851 bits per heavy atom. The molecule has 1 saturated heterocycles. The van der Waals surface area contributed by atoms with Crippen LogP contribution in [-0.2, 0) is 14.3 Å². The van der Waals surface area contributed by atoms with Gasteiger partial charge in [-0.3, -0.25) is 4.79 Å². The van der Waals surface area contributed by atoms with Crippen LogP contribution in [0.15, 0.2) is 11.6 Å².